The van der Waals surface area contributed by atoms with Gasteiger partial charge in [-0.1, -0.05) is 30.3 Å². The Morgan fingerprint density at radius 2 is 1.95 bits per heavy atom. The van der Waals surface area contributed by atoms with Crippen LogP contribution in [0, 0.1) is 0 Å². The van der Waals surface area contributed by atoms with Crippen LogP contribution in [0.4, 0.5) is 0 Å². The third kappa shape index (κ3) is 2.95. The van der Waals surface area contributed by atoms with Crippen molar-refractivity contribution in [1.29, 1.82) is 0 Å². The van der Waals surface area contributed by atoms with Crippen LogP contribution in [0.15, 0.2) is 46.7 Å². The SMILES string of the molecule is CN(Cc1cccs1)S(=O)(=O)C1=Cc2ccccc2CC1. The molecule has 3 rings (SSSR count). The summed E-state index contributed by atoms with van der Waals surface area (Å²) in [6.07, 6.45) is 3.18. The zero-order valence-electron chi connectivity index (χ0n) is 11.8. The molecule has 1 aromatic heterocycles. The fourth-order valence-electron chi connectivity index (χ4n) is 2.52. The van der Waals surface area contributed by atoms with E-state index in [1.165, 1.54) is 9.87 Å². The first-order chi connectivity index (χ1) is 10.1. The van der Waals surface area contributed by atoms with E-state index in [0.717, 1.165) is 16.9 Å². The summed E-state index contributed by atoms with van der Waals surface area (Å²) in [5.74, 6) is 0. The first-order valence-corrected chi connectivity index (χ1v) is 9.16. The average molecular weight is 319 g/mol. The second-order valence-corrected chi connectivity index (χ2v) is 8.28. The average Bonchev–Trinajstić information content (AvgIpc) is 2.99. The molecule has 0 saturated heterocycles. The molecule has 3 nitrogen and oxygen atoms in total. The standard InChI is InChI=1S/C16H17NO2S2/c1-17(12-15-7-4-10-20-15)21(18,19)16-9-8-13-5-2-3-6-14(13)11-16/h2-7,10-11H,8-9,12H2,1H3. The van der Waals surface area contributed by atoms with Crippen molar-refractivity contribution in [2.75, 3.05) is 7.05 Å². The fourth-order valence-corrected chi connectivity index (χ4v) is 4.70. The van der Waals surface area contributed by atoms with Gasteiger partial charge in [0.2, 0.25) is 10.0 Å². The van der Waals surface area contributed by atoms with Crippen LogP contribution in [-0.4, -0.2) is 19.8 Å². The molecule has 5 heteroatoms. The number of hydrogen-bond donors (Lipinski definition) is 0. The van der Waals surface area contributed by atoms with Crippen molar-refractivity contribution in [2.45, 2.75) is 19.4 Å². The highest BCUT2D eigenvalue weighted by atomic mass is 32.2. The van der Waals surface area contributed by atoms with Crippen molar-refractivity contribution in [1.82, 2.24) is 4.31 Å². The van der Waals surface area contributed by atoms with E-state index in [9.17, 15) is 8.42 Å². The van der Waals surface area contributed by atoms with E-state index in [2.05, 4.69) is 6.07 Å². The second kappa shape index (κ2) is 5.75. The minimum atomic E-state index is -3.38. The zero-order valence-corrected chi connectivity index (χ0v) is 13.5. The van der Waals surface area contributed by atoms with Crippen LogP contribution in [-0.2, 0) is 23.0 Å². The number of sulfonamides is 1. The summed E-state index contributed by atoms with van der Waals surface area (Å²) in [7, 11) is -1.73. The number of aryl methyl sites for hydroxylation is 1. The summed E-state index contributed by atoms with van der Waals surface area (Å²) in [4.78, 5) is 1.57. The lowest BCUT2D eigenvalue weighted by atomic mass is 9.98. The van der Waals surface area contributed by atoms with Gasteiger partial charge in [-0.3, -0.25) is 0 Å². The normalized spacial score (nSPS) is 14.9. The molecule has 0 amide bonds. The molecule has 0 atom stereocenters. The number of allylic oxidation sites excluding steroid dienone is 1. The van der Waals surface area contributed by atoms with Gasteiger partial charge in [-0.15, -0.1) is 11.3 Å². The molecule has 0 spiro atoms. The van der Waals surface area contributed by atoms with Gasteiger partial charge in [0.05, 0.1) is 4.91 Å². The van der Waals surface area contributed by atoms with Gasteiger partial charge in [0.15, 0.2) is 0 Å². The Hall–Kier alpha value is -1.43. The third-order valence-corrected chi connectivity index (χ3v) is 6.51. The van der Waals surface area contributed by atoms with Gasteiger partial charge in [0.1, 0.15) is 0 Å². The highest BCUT2D eigenvalue weighted by Crippen LogP contribution is 2.29. The Kier molecular flexibility index (Phi) is 3.97. The van der Waals surface area contributed by atoms with Crippen LogP contribution in [0.2, 0.25) is 0 Å². The predicted molar refractivity (Wildman–Crippen MR) is 87.4 cm³/mol. The Morgan fingerprint density at radius 3 is 2.71 bits per heavy atom. The van der Waals surface area contributed by atoms with E-state index in [4.69, 9.17) is 0 Å². The Morgan fingerprint density at radius 1 is 1.14 bits per heavy atom. The topological polar surface area (TPSA) is 37.4 Å². The monoisotopic (exact) mass is 319 g/mol. The second-order valence-electron chi connectivity index (χ2n) is 5.15. The molecular weight excluding hydrogens is 302 g/mol. The lowest BCUT2D eigenvalue weighted by Crippen LogP contribution is -2.28. The Bertz CT molecular complexity index is 761. The molecule has 0 fully saturated rings. The smallest absolute Gasteiger partial charge is 0.207 e. The van der Waals surface area contributed by atoms with Gasteiger partial charge in [-0.2, -0.15) is 4.31 Å². The molecule has 2 aromatic rings. The van der Waals surface area contributed by atoms with Crippen molar-refractivity contribution >= 4 is 27.4 Å². The minimum absolute atomic E-state index is 0.430. The van der Waals surface area contributed by atoms with E-state index >= 15 is 0 Å². The zero-order chi connectivity index (χ0) is 14.9. The van der Waals surface area contributed by atoms with E-state index in [-0.39, 0.29) is 0 Å². The Balaban J connectivity index is 1.87. The van der Waals surface area contributed by atoms with Crippen molar-refractivity contribution in [3.8, 4) is 0 Å². The van der Waals surface area contributed by atoms with Gasteiger partial charge in [-0.05, 0) is 41.5 Å². The first kappa shape index (κ1) is 14.5. The van der Waals surface area contributed by atoms with E-state index in [0.29, 0.717) is 17.9 Å². The molecule has 0 unspecified atom stereocenters. The van der Waals surface area contributed by atoms with Crippen LogP contribution in [0.25, 0.3) is 6.08 Å². The summed E-state index contributed by atoms with van der Waals surface area (Å²) >= 11 is 1.58. The molecule has 0 aliphatic heterocycles. The molecule has 1 aliphatic rings. The number of hydrogen-bond acceptors (Lipinski definition) is 3. The van der Waals surface area contributed by atoms with E-state index in [1.807, 2.05) is 41.8 Å². The molecular formula is C16H17NO2S2. The number of thiophene rings is 1. The maximum absolute atomic E-state index is 12.7. The molecule has 1 heterocycles. The van der Waals surface area contributed by atoms with Crippen LogP contribution < -0.4 is 0 Å². The highest BCUT2D eigenvalue weighted by Gasteiger charge is 2.26. The Labute approximate surface area is 129 Å². The summed E-state index contributed by atoms with van der Waals surface area (Å²) in [5, 5.41) is 1.96. The minimum Gasteiger partial charge on any atom is -0.207 e. The molecule has 21 heavy (non-hydrogen) atoms. The van der Waals surface area contributed by atoms with Crippen LogP contribution in [0.5, 0.6) is 0 Å². The van der Waals surface area contributed by atoms with E-state index < -0.39 is 10.0 Å². The van der Waals surface area contributed by atoms with E-state index in [1.54, 1.807) is 18.4 Å². The summed E-state index contributed by atoms with van der Waals surface area (Å²) in [6, 6.07) is 11.9. The van der Waals surface area contributed by atoms with Gasteiger partial charge < -0.3 is 0 Å². The number of benzene rings is 1. The van der Waals surface area contributed by atoms with Crippen molar-refractivity contribution in [2.24, 2.45) is 0 Å². The lowest BCUT2D eigenvalue weighted by Gasteiger charge is -2.22. The summed E-state index contributed by atoms with van der Waals surface area (Å²) < 4.78 is 26.8. The van der Waals surface area contributed by atoms with Crippen molar-refractivity contribution in [3.63, 3.8) is 0 Å². The molecule has 0 N–H and O–H groups in total. The number of rotatable bonds is 4. The molecule has 0 radical (unpaired) electrons. The van der Waals surface area contributed by atoms with Crippen molar-refractivity contribution < 1.29 is 8.42 Å². The van der Waals surface area contributed by atoms with Crippen LogP contribution in [0.3, 0.4) is 0 Å². The number of fused-ring (bicyclic) bond motifs is 1. The molecule has 1 aliphatic carbocycles. The quantitative estimate of drug-likeness (QED) is 0.865. The highest BCUT2D eigenvalue weighted by molar-refractivity contribution is 7.93. The molecule has 0 saturated carbocycles. The van der Waals surface area contributed by atoms with Gasteiger partial charge in [0.25, 0.3) is 0 Å². The van der Waals surface area contributed by atoms with Gasteiger partial charge in [-0.25, -0.2) is 8.42 Å². The molecule has 110 valence electrons. The lowest BCUT2D eigenvalue weighted by molar-refractivity contribution is 0.474. The number of nitrogens with zero attached hydrogens (tertiary/aromatic N) is 1. The predicted octanol–water partition coefficient (Wildman–Crippen LogP) is 3.50. The molecule has 0 bridgehead atoms. The van der Waals surface area contributed by atoms with Gasteiger partial charge >= 0.3 is 0 Å². The summed E-state index contributed by atoms with van der Waals surface area (Å²) in [5.41, 5.74) is 2.24. The van der Waals surface area contributed by atoms with Crippen LogP contribution in [0.1, 0.15) is 22.4 Å². The fraction of sp³-hybridized carbons (Fsp3) is 0.250. The third-order valence-electron chi connectivity index (χ3n) is 3.71. The first-order valence-electron chi connectivity index (χ1n) is 6.84. The maximum Gasteiger partial charge on any atom is 0.239 e. The largest absolute Gasteiger partial charge is 0.239 e. The van der Waals surface area contributed by atoms with Gasteiger partial charge in [0, 0.05) is 18.5 Å². The van der Waals surface area contributed by atoms with Crippen molar-refractivity contribution in [3.05, 3.63) is 62.7 Å². The van der Waals surface area contributed by atoms with Crippen LogP contribution >= 0.6 is 11.3 Å². The summed E-state index contributed by atoms with van der Waals surface area (Å²) in [6.45, 7) is 0.430. The molecule has 1 aromatic carbocycles. The maximum atomic E-state index is 12.7.